The zero-order chi connectivity index (χ0) is 37.6. The average Bonchev–Trinajstić information content (AvgIpc) is 3.85. The lowest BCUT2D eigenvalue weighted by Crippen LogP contribution is -2.45. The summed E-state index contributed by atoms with van der Waals surface area (Å²) in [6.45, 7) is 6.14. The molecule has 0 radical (unpaired) electrons. The van der Waals surface area contributed by atoms with E-state index < -0.39 is 25.9 Å². The van der Waals surface area contributed by atoms with Crippen LogP contribution in [0.5, 0.6) is 0 Å². The fourth-order valence-electron chi connectivity index (χ4n) is 8.71. The molecule has 5 aromatic rings. The van der Waals surface area contributed by atoms with Gasteiger partial charge in [-0.15, -0.1) is 5.10 Å². The Labute approximate surface area is 315 Å². The number of hydrazone groups is 1. The van der Waals surface area contributed by atoms with Crippen molar-refractivity contribution in [2.24, 2.45) is 11.0 Å². The van der Waals surface area contributed by atoms with Crippen molar-refractivity contribution < 1.29 is 24.2 Å². The van der Waals surface area contributed by atoms with E-state index in [0.29, 0.717) is 54.1 Å². The summed E-state index contributed by atoms with van der Waals surface area (Å²) in [4.78, 5) is 42.1. The van der Waals surface area contributed by atoms with Crippen molar-refractivity contribution in [3.8, 4) is 0 Å². The largest absolute Gasteiger partial charge is 0.432 e. The monoisotopic (exact) mass is 740 g/mol. The molecule has 2 N–H and O–H groups in total. The summed E-state index contributed by atoms with van der Waals surface area (Å²) in [6.07, 6.45) is 2.67. The van der Waals surface area contributed by atoms with E-state index in [2.05, 4.69) is 10.3 Å². The van der Waals surface area contributed by atoms with Crippen LogP contribution >= 0.6 is 0 Å². The molecule has 4 heterocycles. The lowest BCUT2D eigenvalue weighted by atomic mass is 9.82. The third kappa shape index (κ3) is 6.18. The zero-order valence-corrected chi connectivity index (χ0v) is 31.6. The van der Waals surface area contributed by atoms with Crippen LogP contribution < -0.4 is 9.91 Å². The smallest absolute Gasteiger partial charge is 0.268 e. The molecule has 1 saturated heterocycles. The number of carbonyl (C=O) groups excluding carboxylic acids is 2. The standard InChI is InChI=1S/C42H44N6O5Si/c1-28-40(54(2,3)52)38(23-24-46-26-36(43-45-46)33(27-49)29-13-7-4-8-14-29)53-42(28)34-25-32(19-21-37(34)47(41(42)51)31-17-11-6-12-18-31)48-39(50)22-20-35(44-48)30-15-9-5-10-16-30/h4-19,21,25-26,28,33,38,40,49,52H,20,22-24,27H2,1-3H3/t28-,33?,38+,40-,42+/m1/s1. The number of anilines is 3. The highest BCUT2D eigenvalue weighted by atomic mass is 28.4. The van der Waals surface area contributed by atoms with Crippen LogP contribution in [-0.2, 0) is 26.5 Å². The van der Waals surface area contributed by atoms with Gasteiger partial charge in [-0.25, -0.2) is 5.01 Å². The summed E-state index contributed by atoms with van der Waals surface area (Å²) < 4.78 is 8.86. The lowest BCUT2D eigenvalue weighted by molar-refractivity contribution is -0.145. The number of nitrogens with zero attached hydrogens (tertiary/aromatic N) is 6. The predicted octanol–water partition coefficient (Wildman–Crippen LogP) is 6.50. The molecule has 54 heavy (non-hydrogen) atoms. The van der Waals surface area contributed by atoms with Gasteiger partial charge in [0.1, 0.15) is 0 Å². The van der Waals surface area contributed by atoms with E-state index in [1.807, 2.05) is 135 Å². The van der Waals surface area contributed by atoms with Crippen molar-refractivity contribution in [1.29, 1.82) is 0 Å². The number of hydrogen-bond donors (Lipinski definition) is 2. The van der Waals surface area contributed by atoms with Gasteiger partial charge in [-0.2, -0.15) is 5.10 Å². The summed E-state index contributed by atoms with van der Waals surface area (Å²) in [5.74, 6) is -1.08. The number of hydrogen-bond acceptors (Lipinski definition) is 8. The fourth-order valence-corrected chi connectivity index (χ4v) is 11.3. The number of para-hydroxylation sites is 1. The topological polar surface area (TPSA) is 133 Å². The number of ether oxygens (including phenoxy) is 1. The molecule has 1 aromatic heterocycles. The van der Waals surface area contributed by atoms with Gasteiger partial charge in [-0.1, -0.05) is 91.0 Å². The number of amides is 2. The molecule has 3 aliphatic rings. The Bertz CT molecular complexity index is 2190. The Morgan fingerprint density at radius 2 is 1.59 bits per heavy atom. The van der Waals surface area contributed by atoms with Crippen molar-refractivity contribution in [2.75, 3.05) is 16.5 Å². The van der Waals surface area contributed by atoms with Gasteiger partial charge < -0.3 is 14.6 Å². The molecule has 4 aromatic carbocycles. The predicted molar refractivity (Wildman–Crippen MR) is 209 cm³/mol. The van der Waals surface area contributed by atoms with Gasteiger partial charge in [0, 0.05) is 48.3 Å². The SMILES string of the molecule is C[C@@H]1[C@@H]([Si](C)(C)O)[C@H](CCn2cc(C(CO)c3ccccc3)nn2)O[C@@]12C(=O)N(c1ccccc1)c1ccc(N3N=C(c4ccccc4)CCC3=O)cc12. The van der Waals surface area contributed by atoms with Gasteiger partial charge in [0.2, 0.25) is 5.91 Å². The Kier molecular flexibility index (Phi) is 9.38. The summed E-state index contributed by atoms with van der Waals surface area (Å²) in [5, 5.41) is 25.3. The van der Waals surface area contributed by atoms with Crippen LogP contribution in [0.3, 0.4) is 0 Å². The van der Waals surface area contributed by atoms with Crippen molar-refractivity contribution in [2.45, 2.75) is 69.0 Å². The highest BCUT2D eigenvalue weighted by Crippen LogP contribution is 2.61. The van der Waals surface area contributed by atoms with Gasteiger partial charge in [-0.05, 0) is 61.0 Å². The van der Waals surface area contributed by atoms with E-state index in [-0.39, 0.29) is 29.9 Å². The molecule has 1 spiro atoms. The summed E-state index contributed by atoms with van der Waals surface area (Å²) in [6, 6.07) is 34.7. The first-order valence-electron chi connectivity index (χ1n) is 18.6. The third-order valence-electron chi connectivity index (χ3n) is 11.2. The maximum atomic E-state index is 15.1. The molecular formula is C42H44N6O5Si. The lowest BCUT2D eigenvalue weighted by Gasteiger charge is -2.32. The number of aliphatic hydroxyl groups is 1. The van der Waals surface area contributed by atoms with Gasteiger partial charge in [0.05, 0.1) is 41.4 Å². The highest BCUT2D eigenvalue weighted by molar-refractivity contribution is 6.71. The van der Waals surface area contributed by atoms with Crippen LogP contribution in [0.25, 0.3) is 0 Å². The van der Waals surface area contributed by atoms with E-state index >= 15 is 4.79 Å². The van der Waals surface area contributed by atoms with Crippen LogP contribution in [0.4, 0.5) is 17.1 Å². The summed E-state index contributed by atoms with van der Waals surface area (Å²) in [7, 11) is -2.96. The fraction of sp³-hybridized carbons (Fsp3) is 0.310. The second kappa shape index (κ2) is 14.2. The summed E-state index contributed by atoms with van der Waals surface area (Å²) >= 11 is 0. The molecule has 3 aliphatic heterocycles. The quantitative estimate of drug-likeness (QED) is 0.156. The van der Waals surface area contributed by atoms with E-state index in [9.17, 15) is 14.7 Å². The van der Waals surface area contributed by atoms with E-state index in [1.165, 1.54) is 5.01 Å². The molecule has 0 aliphatic carbocycles. The first-order chi connectivity index (χ1) is 26.1. The molecule has 11 nitrogen and oxygen atoms in total. The van der Waals surface area contributed by atoms with Gasteiger partial charge >= 0.3 is 0 Å². The maximum Gasteiger partial charge on any atom is 0.268 e. The van der Waals surface area contributed by atoms with Gasteiger partial charge in [0.15, 0.2) is 13.9 Å². The van der Waals surface area contributed by atoms with Gasteiger partial charge in [0.25, 0.3) is 5.91 Å². The highest BCUT2D eigenvalue weighted by Gasteiger charge is 2.66. The first kappa shape index (κ1) is 35.7. The molecule has 5 atom stereocenters. The van der Waals surface area contributed by atoms with E-state index in [0.717, 1.165) is 16.8 Å². The van der Waals surface area contributed by atoms with Crippen molar-refractivity contribution in [3.05, 3.63) is 138 Å². The second-order valence-corrected chi connectivity index (χ2v) is 19.0. The average molecular weight is 741 g/mol. The number of benzene rings is 4. The Morgan fingerprint density at radius 1 is 0.907 bits per heavy atom. The first-order valence-corrected chi connectivity index (χ1v) is 21.6. The number of aromatic nitrogens is 3. The molecule has 0 bridgehead atoms. The Morgan fingerprint density at radius 3 is 2.28 bits per heavy atom. The number of carbonyl (C=O) groups is 2. The molecule has 8 rings (SSSR count). The number of aryl methyl sites for hydroxylation is 1. The molecule has 12 heteroatoms. The number of aliphatic hydroxyl groups excluding tert-OH is 1. The number of rotatable bonds is 10. The third-order valence-corrected chi connectivity index (χ3v) is 13.7. The molecule has 1 fully saturated rings. The molecule has 276 valence electrons. The van der Waals surface area contributed by atoms with Crippen LogP contribution in [0.1, 0.15) is 54.5 Å². The molecule has 0 saturated carbocycles. The second-order valence-electron chi connectivity index (χ2n) is 15.0. The molecule has 1 unspecified atom stereocenters. The minimum Gasteiger partial charge on any atom is -0.432 e. The van der Waals surface area contributed by atoms with Crippen molar-refractivity contribution >= 4 is 42.9 Å². The van der Waals surface area contributed by atoms with Crippen molar-refractivity contribution in [1.82, 2.24) is 15.0 Å². The minimum absolute atomic E-state index is 0.107. The molecular weight excluding hydrogens is 697 g/mol. The minimum atomic E-state index is -2.96. The van der Waals surface area contributed by atoms with Crippen molar-refractivity contribution in [3.63, 3.8) is 0 Å². The van der Waals surface area contributed by atoms with Crippen LogP contribution in [-0.4, -0.2) is 63.5 Å². The number of fused-ring (bicyclic) bond motifs is 2. The zero-order valence-electron chi connectivity index (χ0n) is 30.6. The Hall–Kier alpha value is -5.27. The Balaban J connectivity index is 1.17. The van der Waals surface area contributed by atoms with E-state index in [1.54, 1.807) is 9.58 Å². The summed E-state index contributed by atoms with van der Waals surface area (Å²) in [5.41, 5.74) is 4.21. The molecule has 2 amide bonds. The van der Waals surface area contributed by atoms with Crippen LogP contribution in [0.15, 0.2) is 120 Å². The van der Waals surface area contributed by atoms with E-state index in [4.69, 9.17) is 9.84 Å². The van der Waals surface area contributed by atoms with Crippen LogP contribution in [0.2, 0.25) is 18.6 Å². The maximum absolute atomic E-state index is 15.1. The van der Waals surface area contributed by atoms with Gasteiger partial charge in [-0.3, -0.25) is 19.2 Å². The van der Waals surface area contributed by atoms with Crippen LogP contribution in [0, 0.1) is 5.92 Å². The normalized spacial score (nSPS) is 23.2.